The molecule has 2 heterocycles. The molecular weight excluding hydrogens is 298 g/mol. The summed E-state index contributed by atoms with van der Waals surface area (Å²) in [6.07, 6.45) is 4.70. The van der Waals surface area contributed by atoms with Crippen molar-refractivity contribution < 1.29 is 4.79 Å². The molecule has 1 N–H and O–H groups in total. The number of likely N-dealkylation sites (tertiary alicyclic amines) is 2. The van der Waals surface area contributed by atoms with E-state index in [-0.39, 0.29) is 5.91 Å². The van der Waals surface area contributed by atoms with E-state index in [4.69, 9.17) is 0 Å². The molecule has 0 spiro atoms. The van der Waals surface area contributed by atoms with Gasteiger partial charge in [-0.1, -0.05) is 19.1 Å². The van der Waals surface area contributed by atoms with E-state index in [9.17, 15) is 4.79 Å². The molecule has 2 aliphatic rings. The Kier molecular flexibility index (Phi) is 5.90. The number of hydrogen-bond acceptors (Lipinski definition) is 3. The minimum absolute atomic E-state index is 0.0721. The normalized spacial score (nSPS) is 21.8. The van der Waals surface area contributed by atoms with Crippen LogP contribution in [0.1, 0.15) is 48.5 Å². The van der Waals surface area contributed by atoms with Crippen LogP contribution in [0.2, 0.25) is 0 Å². The molecule has 3 rings (SSSR count). The third-order valence-electron chi connectivity index (χ3n) is 5.55. The summed E-state index contributed by atoms with van der Waals surface area (Å²) in [6.45, 7) is 7.87. The van der Waals surface area contributed by atoms with Crippen LogP contribution in [0.3, 0.4) is 0 Å². The van der Waals surface area contributed by atoms with Crippen molar-refractivity contribution in [3.8, 4) is 0 Å². The smallest absolute Gasteiger partial charge is 0.251 e. The Morgan fingerprint density at radius 2 is 1.67 bits per heavy atom. The van der Waals surface area contributed by atoms with E-state index < -0.39 is 0 Å². The average Bonchev–Trinajstić information content (AvgIpc) is 2.59. The molecule has 4 heteroatoms. The number of piperidine rings is 2. The van der Waals surface area contributed by atoms with Crippen LogP contribution in [-0.4, -0.2) is 55.0 Å². The highest BCUT2D eigenvalue weighted by atomic mass is 16.1. The van der Waals surface area contributed by atoms with Crippen LogP contribution in [0.15, 0.2) is 24.3 Å². The van der Waals surface area contributed by atoms with Gasteiger partial charge < -0.3 is 10.2 Å². The van der Waals surface area contributed by atoms with Crippen molar-refractivity contribution in [3.05, 3.63) is 35.4 Å². The number of benzene rings is 1. The molecular formula is C20H31N3O. The Labute approximate surface area is 146 Å². The number of hydrogen-bond donors (Lipinski definition) is 1. The Bertz CT molecular complexity index is 526. The number of carbonyl (C=O) groups is 1. The molecule has 132 valence electrons. The van der Waals surface area contributed by atoms with Gasteiger partial charge in [0.1, 0.15) is 0 Å². The van der Waals surface area contributed by atoms with E-state index in [1.165, 1.54) is 31.5 Å². The highest BCUT2D eigenvalue weighted by molar-refractivity contribution is 5.94. The molecule has 0 unspecified atom stereocenters. The molecule has 24 heavy (non-hydrogen) atoms. The van der Waals surface area contributed by atoms with Gasteiger partial charge in [0.05, 0.1) is 0 Å². The largest absolute Gasteiger partial charge is 0.349 e. The van der Waals surface area contributed by atoms with Gasteiger partial charge >= 0.3 is 0 Å². The van der Waals surface area contributed by atoms with Crippen LogP contribution >= 0.6 is 0 Å². The van der Waals surface area contributed by atoms with Crippen LogP contribution in [0.5, 0.6) is 0 Å². The van der Waals surface area contributed by atoms with Gasteiger partial charge in [0.25, 0.3) is 5.91 Å². The van der Waals surface area contributed by atoms with Crippen LogP contribution in [-0.2, 0) is 6.54 Å². The van der Waals surface area contributed by atoms with Gasteiger partial charge in [-0.3, -0.25) is 9.69 Å². The van der Waals surface area contributed by atoms with Crippen molar-refractivity contribution in [1.29, 1.82) is 0 Å². The van der Waals surface area contributed by atoms with Gasteiger partial charge in [0.15, 0.2) is 0 Å². The lowest BCUT2D eigenvalue weighted by atomic mass is 9.99. The lowest BCUT2D eigenvalue weighted by Crippen LogP contribution is -2.43. The summed E-state index contributed by atoms with van der Waals surface area (Å²) in [5, 5.41) is 3.19. The first-order chi connectivity index (χ1) is 11.6. The standard InChI is InChI=1S/C20H31N3O/c1-16-7-13-23(14-8-16)15-17-3-5-18(6-4-17)20(24)21-19-9-11-22(2)12-10-19/h3-6,16,19H,7-15H2,1-2H3,(H,21,24). The zero-order chi connectivity index (χ0) is 16.9. The van der Waals surface area contributed by atoms with E-state index >= 15 is 0 Å². The first-order valence-electron chi connectivity index (χ1n) is 9.41. The number of nitrogens with one attached hydrogen (secondary N) is 1. The molecule has 0 aromatic heterocycles. The Balaban J connectivity index is 1.49. The summed E-state index contributed by atoms with van der Waals surface area (Å²) in [4.78, 5) is 17.2. The first kappa shape index (κ1) is 17.4. The molecule has 1 aromatic rings. The van der Waals surface area contributed by atoms with Gasteiger partial charge in [0, 0.05) is 18.2 Å². The maximum absolute atomic E-state index is 12.4. The van der Waals surface area contributed by atoms with Crippen molar-refractivity contribution >= 4 is 5.91 Å². The summed E-state index contributed by atoms with van der Waals surface area (Å²) in [6, 6.07) is 8.50. The Morgan fingerprint density at radius 3 is 2.29 bits per heavy atom. The van der Waals surface area contributed by atoms with Gasteiger partial charge in [0.2, 0.25) is 0 Å². The summed E-state index contributed by atoms with van der Waals surface area (Å²) in [5.41, 5.74) is 2.09. The van der Waals surface area contributed by atoms with E-state index in [1.807, 2.05) is 12.1 Å². The topological polar surface area (TPSA) is 35.6 Å². The molecule has 2 aliphatic heterocycles. The van der Waals surface area contributed by atoms with Gasteiger partial charge in [-0.05, 0) is 82.5 Å². The molecule has 0 atom stereocenters. The maximum atomic E-state index is 12.4. The highest BCUT2D eigenvalue weighted by Gasteiger charge is 2.19. The van der Waals surface area contributed by atoms with Crippen LogP contribution in [0.25, 0.3) is 0 Å². The summed E-state index contributed by atoms with van der Waals surface area (Å²) in [7, 11) is 2.14. The lowest BCUT2D eigenvalue weighted by molar-refractivity contribution is 0.0917. The average molecular weight is 329 g/mol. The van der Waals surface area contributed by atoms with E-state index in [0.717, 1.165) is 44.0 Å². The summed E-state index contributed by atoms with van der Waals surface area (Å²) >= 11 is 0. The third-order valence-corrected chi connectivity index (χ3v) is 5.55. The summed E-state index contributed by atoms with van der Waals surface area (Å²) in [5.74, 6) is 0.940. The van der Waals surface area contributed by atoms with Crippen LogP contribution < -0.4 is 5.32 Å². The monoisotopic (exact) mass is 329 g/mol. The van der Waals surface area contributed by atoms with Crippen molar-refractivity contribution in [2.75, 3.05) is 33.2 Å². The second-order valence-electron chi connectivity index (χ2n) is 7.71. The van der Waals surface area contributed by atoms with Crippen molar-refractivity contribution in [2.45, 2.75) is 45.2 Å². The molecule has 0 bridgehead atoms. The molecule has 0 radical (unpaired) electrons. The predicted octanol–water partition coefficient (Wildman–Crippen LogP) is 2.74. The Hall–Kier alpha value is -1.39. The van der Waals surface area contributed by atoms with Crippen molar-refractivity contribution in [2.24, 2.45) is 5.92 Å². The van der Waals surface area contributed by atoms with Gasteiger partial charge in [-0.2, -0.15) is 0 Å². The van der Waals surface area contributed by atoms with Gasteiger partial charge in [-0.25, -0.2) is 0 Å². The van der Waals surface area contributed by atoms with Crippen molar-refractivity contribution in [1.82, 2.24) is 15.1 Å². The van der Waals surface area contributed by atoms with E-state index in [1.54, 1.807) is 0 Å². The quantitative estimate of drug-likeness (QED) is 0.922. The van der Waals surface area contributed by atoms with Crippen LogP contribution in [0, 0.1) is 5.92 Å². The summed E-state index contributed by atoms with van der Waals surface area (Å²) < 4.78 is 0. The molecule has 1 aromatic carbocycles. The molecule has 4 nitrogen and oxygen atoms in total. The highest BCUT2D eigenvalue weighted by Crippen LogP contribution is 2.18. The number of rotatable bonds is 4. The fourth-order valence-corrected chi connectivity index (χ4v) is 3.66. The molecule has 2 fully saturated rings. The predicted molar refractivity (Wildman–Crippen MR) is 98.1 cm³/mol. The van der Waals surface area contributed by atoms with Crippen LogP contribution in [0.4, 0.5) is 0 Å². The first-order valence-corrected chi connectivity index (χ1v) is 9.41. The number of nitrogens with zero attached hydrogens (tertiary/aromatic N) is 2. The zero-order valence-electron chi connectivity index (χ0n) is 15.1. The van der Waals surface area contributed by atoms with E-state index in [2.05, 4.69) is 41.2 Å². The fourth-order valence-electron chi connectivity index (χ4n) is 3.66. The molecule has 1 amide bonds. The molecule has 0 aliphatic carbocycles. The number of carbonyl (C=O) groups excluding carboxylic acids is 1. The maximum Gasteiger partial charge on any atom is 0.251 e. The minimum atomic E-state index is 0.0721. The Morgan fingerprint density at radius 1 is 1.04 bits per heavy atom. The second kappa shape index (κ2) is 8.13. The third kappa shape index (κ3) is 4.81. The van der Waals surface area contributed by atoms with Gasteiger partial charge in [-0.15, -0.1) is 0 Å². The molecule has 2 saturated heterocycles. The fraction of sp³-hybridized carbons (Fsp3) is 0.650. The zero-order valence-corrected chi connectivity index (χ0v) is 15.1. The van der Waals surface area contributed by atoms with Crippen molar-refractivity contribution in [3.63, 3.8) is 0 Å². The van der Waals surface area contributed by atoms with E-state index in [0.29, 0.717) is 6.04 Å². The second-order valence-corrected chi connectivity index (χ2v) is 7.71. The lowest BCUT2D eigenvalue weighted by Gasteiger charge is -2.30. The molecule has 0 saturated carbocycles. The number of amides is 1. The SMILES string of the molecule is CC1CCN(Cc2ccc(C(=O)NC3CCN(C)CC3)cc2)CC1. The minimum Gasteiger partial charge on any atom is -0.349 e.